The highest BCUT2D eigenvalue weighted by molar-refractivity contribution is 7.89. The second-order valence-electron chi connectivity index (χ2n) is 3.84. The third-order valence-corrected chi connectivity index (χ3v) is 4.76. The van der Waals surface area contributed by atoms with Crippen LogP contribution in [0, 0.1) is 0 Å². The minimum Gasteiger partial charge on any atom is -0.396 e. The molecular weight excluding hydrogens is 218 g/mol. The van der Waals surface area contributed by atoms with Crippen molar-refractivity contribution in [3.05, 3.63) is 0 Å². The van der Waals surface area contributed by atoms with Gasteiger partial charge in [-0.15, -0.1) is 0 Å². The summed E-state index contributed by atoms with van der Waals surface area (Å²) < 4.78 is 30.3. The lowest BCUT2D eigenvalue weighted by molar-refractivity contribution is 0.102. The number of aliphatic hydroxyl groups is 1. The quantitative estimate of drug-likeness (QED) is 0.719. The molecule has 0 radical (unpaired) electrons. The van der Waals surface area contributed by atoms with Gasteiger partial charge in [0.1, 0.15) is 0 Å². The molecule has 1 heterocycles. The van der Waals surface area contributed by atoms with Crippen LogP contribution in [0.3, 0.4) is 0 Å². The Labute approximate surface area is 91.1 Å². The van der Waals surface area contributed by atoms with Gasteiger partial charge in [0.05, 0.1) is 17.9 Å². The highest BCUT2D eigenvalue weighted by Crippen LogP contribution is 2.20. The minimum atomic E-state index is -3.25. The molecule has 2 atom stereocenters. The van der Waals surface area contributed by atoms with E-state index in [2.05, 4.69) is 0 Å². The SMILES string of the molecule is CC1OCCC1N(C)S(=O)(=O)CCCO. The molecule has 0 saturated carbocycles. The van der Waals surface area contributed by atoms with Crippen LogP contribution >= 0.6 is 0 Å². The van der Waals surface area contributed by atoms with Gasteiger partial charge in [0, 0.05) is 20.3 Å². The maximum atomic E-state index is 11.8. The fourth-order valence-corrected chi connectivity index (χ4v) is 3.27. The summed E-state index contributed by atoms with van der Waals surface area (Å²) >= 11 is 0. The lowest BCUT2D eigenvalue weighted by Gasteiger charge is -2.25. The van der Waals surface area contributed by atoms with Crippen LogP contribution in [-0.2, 0) is 14.8 Å². The number of likely N-dealkylation sites (N-methyl/N-ethyl adjacent to an activating group) is 1. The Morgan fingerprint density at radius 1 is 1.53 bits per heavy atom. The first-order chi connectivity index (χ1) is 6.99. The van der Waals surface area contributed by atoms with Crippen molar-refractivity contribution >= 4 is 10.0 Å². The molecule has 0 aliphatic carbocycles. The summed E-state index contributed by atoms with van der Waals surface area (Å²) in [5.41, 5.74) is 0. The van der Waals surface area contributed by atoms with Gasteiger partial charge in [-0.3, -0.25) is 0 Å². The number of aliphatic hydroxyl groups excluding tert-OH is 1. The maximum absolute atomic E-state index is 11.8. The molecule has 6 heteroatoms. The average molecular weight is 237 g/mol. The highest BCUT2D eigenvalue weighted by atomic mass is 32.2. The Kier molecular flexibility index (Phi) is 4.51. The van der Waals surface area contributed by atoms with Gasteiger partial charge in [-0.2, -0.15) is 4.31 Å². The highest BCUT2D eigenvalue weighted by Gasteiger charge is 2.33. The fraction of sp³-hybridized carbons (Fsp3) is 1.00. The van der Waals surface area contributed by atoms with Crippen molar-refractivity contribution in [2.45, 2.75) is 31.9 Å². The first-order valence-electron chi connectivity index (χ1n) is 5.17. The third-order valence-electron chi connectivity index (χ3n) is 2.80. The molecule has 0 aromatic heterocycles. The second kappa shape index (κ2) is 5.25. The van der Waals surface area contributed by atoms with Crippen molar-refractivity contribution in [1.29, 1.82) is 0 Å². The van der Waals surface area contributed by atoms with Crippen LogP contribution < -0.4 is 0 Å². The van der Waals surface area contributed by atoms with Gasteiger partial charge >= 0.3 is 0 Å². The molecular formula is C9H19NO4S. The Hall–Kier alpha value is -0.170. The van der Waals surface area contributed by atoms with Gasteiger partial charge in [-0.1, -0.05) is 0 Å². The van der Waals surface area contributed by atoms with Crippen LogP contribution in [-0.4, -0.2) is 56.0 Å². The third kappa shape index (κ3) is 3.14. The van der Waals surface area contributed by atoms with Gasteiger partial charge in [0.2, 0.25) is 10.0 Å². The molecule has 1 rings (SSSR count). The monoisotopic (exact) mass is 237 g/mol. The summed E-state index contributed by atoms with van der Waals surface area (Å²) in [5, 5.41) is 8.62. The Morgan fingerprint density at radius 2 is 2.20 bits per heavy atom. The molecule has 1 aliphatic rings. The molecule has 0 aromatic carbocycles. The molecule has 0 spiro atoms. The number of nitrogens with zero attached hydrogens (tertiary/aromatic N) is 1. The molecule has 5 nitrogen and oxygen atoms in total. The number of hydrogen-bond acceptors (Lipinski definition) is 4. The van der Waals surface area contributed by atoms with E-state index in [0.717, 1.165) is 6.42 Å². The first kappa shape index (κ1) is 12.9. The number of sulfonamides is 1. The fourth-order valence-electron chi connectivity index (χ4n) is 1.80. The zero-order valence-corrected chi connectivity index (χ0v) is 10.0. The molecule has 90 valence electrons. The van der Waals surface area contributed by atoms with E-state index >= 15 is 0 Å². The molecule has 1 aliphatic heterocycles. The van der Waals surface area contributed by atoms with E-state index in [1.165, 1.54) is 4.31 Å². The molecule has 2 unspecified atom stereocenters. The number of ether oxygens (including phenoxy) is 1. The lowest BCUT2D eigenvalue weighted by Crippen LogP contribution is -2.42. The minimum absolute atomic E-state index is 0.00319. The summed E-state index contributed by atoms with van der Waals surface area (Å²) in [4.78, 5) is 0. The van der Waals surface area contributed by atoms with E-state index in [0.29, 0.717) is 6.61 Å². The normalized spacial score (nSPS) is 27.5. The molecule has 1 fully saturated rings. The Balaban J connectivity index is 2.62. The average Bonchev–Trinajstić information content (AvgIpc) is 2.60. The van der Waals surface area contributed by atoms with Gasteiger partial charge in [-0.25, -0.2) is 8.42 Å². The van der Waals surface area contributed by atoms with Gasteiger partial charge in [0.25, 0.3) is 0 Å². The molecule has 15 heavy (non-hydrogen) atoms. The van der Waals surface area contributed by atoms with Gasteiger partial charge in [0.15, 0.2) is 0 Å². The van der Waals surface area contributed by atoms with Crippen molar-refractivity contribution < 1.29 is 18.3 Å². The summed E-state index contributed by atoms with van der Waals surface area (Å²) in [5.74, 6) is 0.00319. The topological polar surface area (TPSA) is 66.8 Å². The molecule has 0 bridgehead atoms. The summed E-state index contributed by atoms with van der Waals surface area (Å²) in [7, 11) is -1.66. The van der Waals surface area contributed by atoms with Crippen molar-refractivity contribution in [1.82, 2.24) is 4.31 Å². The maximum Gasteiger partial charge on any atom is 0.214 e. The summed E-state index contributed by atoms with van der Waals surface area (Å²) in [6.45, 7) is 2.41. The molecule has 1 N–H and O–H groups in total. The van der Waals surface area contributed by atoms with Crippen LogP contribution in [0.25, 0.3) is 0 Å². The molecule has 0 amide bonds. The summed E-state index contributed by atoms with van der Waals surface area (Å²) in [6, 6.07) is -0.0614. The van der Waals surface area contributed by atoms with E-state index < -0.39 is 10.0 Å². The smallest absolute Gasteiger partial charge is 0.214 e. The van der Waals surface area contributed by atoms with Crippen LogP contribution in [0.2, 0.25) is 0 Å². The lowest BCUT2D eigenvalue weighted by atomic mass is 10.2. The predicted octanol–water partition coefficient (Wildman–Crippen LogP) is -0.192. The summed E-state index contributed by atoms with van der Waals surface area (Å²) in [6.07, 6.45) is 0.990. The standard InChI is InChI=1S/C9H19NO4S/c1-8-9(4-6-14-8)10(2)15(12,13)7-3-5-11/h8-9,11H,3-7H2,1-2H3. The van der Waals surface area contributed by atoms with Crippen LogP contribution in [0.5, 0.6) is 0 Å². The van der Waals surface area contributed by atoms with E-state index in [-0.39, 0.29) is 30.9 Å². The zero-order valence-electron chi connectivity index (χ0n) is 9.22. The van der Waals surface area contributed by atoms with Crippen LogP contribution in [0.4, 0.5) is 0 Å². The Morgan fingerprint density at radius 3 is 2.67 bits per heavy atom. The first-order valence-corrected chi connectivity index (χ1v) is 6.78. The van der Waals surface area contributed by atoms with Crippen LogP contribution in [0.15, 0.2) is 0 Å². The van der Waals surface area contributed by atoms with Crippen molar-refractivity contribution in [3.63, 3.8) is 0 Å². The largest absolute Gasteiger partial charge is 0.396 e. The second-order valence-corrected chi connectivity index (χ2v) is 5.99. The molecule has 0 aromatic rings. The van der Waals surface area contributed by atoms with E-state index in [1.54, 1.807) is 7.05 Å². The van der Waals surface area contributed by atoms with E-state index in [9.17, 15) is 8.42 Å². The van der Waals surface area contributed by atoms with E-state index in [4.69, 9.17) is 9.84 Å². The van der Waals surface area contributed by atoms with Crippen molar-refractivity contribution in [3.8, 4) is 0 Å². The van der Waals surface area contributed by atoms with Gasteiger partial charge in [-0.05, 0) is 19.8 Å². The predicted molar refractivity (Wildman–Crippen MR) is 57.1 cm³/mol. The van der Waals surface area contributed by atoms with Crippen LogP contribution in [0.1, 0.15) is 19.8 Å². The zero-order chi connectivity index (χ0) is 11.5. The Bertz CT molecular complexity index is 290. The molecule has 1 saturated heterocycles. The number of rotatable bonds is 5. The van der Waals surface area contributed by atoms with Gasteiger partial charge < -0.3 is 9.84 Å². The van der Waals surface area contributed by atoms with Crippen molar-refractivity contribution in [2.24, 2.45) is 0 Å². The number of hydrogen-bond donors (Lipinski definition) is 1. The van der Waals surface area contributed by atoms with E-state index in [1.807, 2.05) is 6.92 Å². The van der Waals surface area contributed by atoms with Crippen molar-refractivity contribution in [2.75, 3.05) is 26.0 Å².